The van der Waals surface area contributed by atoms with E-state index in [-0.39, 0.29) is 24.3 Å². The molecule has 1 aromatic rings. The number of para-hydroxylation sites is 1. The second kappa shape index (κ2) is 9.57. The molecule has 0 spiro atoms. The van der Waals surface area contributed by atoms with Gasteiger partial charge >= 0.3 is 0 Å². The van der Waals surface area contributed by atoms with E-state index in [1.54, 1.807) is 0 Å². The standard InChI is InChI=1S/C20H31N3O3/c1-4-26-19-8-6-5-7-17(19)18(22-15(3)24)12-20(25)23-10-9-14(2)11-16(23)13-21/h5-8,14,16,18H,4,9-13,21H2,1-3H3,(H,22,24). The van der Waals surface area contributed by atoms with E-state index in [2.05, 4.69) is 12.2 Å². The highest BCUT2D eigenvalue weighted by atomic mass is 16.5. The molecule has 2 amide bonds. The van der Waals surface area contributed by atoms with Crippen molar-refractivity contribution in [3.05, 3.63) is 29.8 Å². The second-order valence-corrected chi connectivity index (χ2v) is 7.03. The molecule has 1 saturated heterocycles. The Morgan fingerprint density at radius 3 is 2.77 bits per heavy atom. The van der Waals surface area contributed by atoms with Crippen LogP contribution in [0.15, 0.2) is 24.3 Å². The Bertz CT molecular complexity index is 620. The molecular weight excluding hydrogens is 330 g/mol. The number of nitrogens with zero attached hydrogens (tertiary/aromatic N) is 1. The summed E-state index contributed by atoms with van der Waals surface area (Å²) in [6.45, 7) is 7.29. The number of hydrogen-bond donors (Lipinski definition) is 2. The van der Waals surface area contributed by atoms with E-state index in [1.807, 2.05) is 36.1 Å². The van der Waals surface area contributed by atoms with Gasteiger partial charge in [0.25, 0.3) is 0 Å². The SMILES string of the molecule is CCOc1ccccc1C(CC(=O)N1CCC(C)CC1CN)NC(C)=O. The molecular formula is C20H31N3O3. The number of rotatable bonds is 7. The molecule has 3 N–H and O–H groups in total. The lowest BCUT2D eigenvalue weighted by Gasteiger charge is -2.38. The quantitative estimate of drug-likeness (QED) is 0.780. The van der Waals surface area contributed by atoms with Gasteiger partial charge in [0.05, 0.1) is 19.1 Å². The number of carbonyl (C=O) groups is 2. The molecule has 1 aliphatic rings. The summed E-state index contributed by atoms with van der Waals surface area (Å²) < 4.78 is 5.69. The lowest BCUT2D eigenvalue weighted by atomic mass is 9.91. The van der Waals surface area contributed by atoms with Gasteiger partial charge in [0.2, 0.25) is 11.8 Å². The maximum absolute atomic E-state index is 13.0. The van der Waals surface area contributed by atoms with Crippen LogP contribution in [0.2, 0.25) is 0 Å². The minimum absolute atomic E-state index is 0.0254. The highest BCUT2D eigenvalue weighted by Gasteiger charge is 2.31. The average molecular weight is 361 g/mol. The van der Waals surface area contributed by atoms with Gasteiger partial charge in [-0.1, -0.05) is 25.1 Å². The zero-order valence-corrected chi connectivity index (χ0v) is 16.0. The molecule has 26 heavy (non-hydrogen) atoms. The van der Waals surface area contributed by atoms with E-state index in [9.17, 15) is 9.59 Å². The van der Waals surface area contributed by atoms with Gasteiger partial charge in [0.15, 0.2) is 0 Å². The molecule has 1 heterocycles. The van der Waals surface area contributed by atoms with Crippen molar-refractivity contribution >= 4 is 11.8 Å². The summed E-state index contributed by atoms with van der Waals surface area (Å²) in [5.74, 6) is 1.13. The molecule has 6 nitrogen and oxygen atoms in total. The van der Waals surface area contributed by atoms with Crippen molar-refractivity contribution < 1.29 is 14.3 Å². The molecule has 6 heteroatoms. The van der Waals surface area contributed by atoms with Gasteiger partial charge in [0.1, 0.15) is 5.75 Å². The van der Waals surface area contributed by atoms with E-state index in [0.29, 0.717) is 24.8 Å². The van der Waals surface area contributed by atoms with Gasteiger partial charge in [-0.25, -0.2) is 0 Å². The van der Waals surface area contributed by atoms with Gasteiger partial charge in [-0.05, 0) is 31.7 Å². The molecule has 2 rings (SSSR count). The minimum Gasteiger partial charge on any atom is -0.494 e. The van der Waals surface area contributed by atoms with Crippen LogP contribution in [-0.4, -0.2) is 42.5 Å². The second-order valence-electron chi connectivity index (χ2n) is 7.03. The number of hydrogen-bond acceptors (Lipinski definition) is 4. The van der Waals surface area contributed by atoms with Crippen LogP contribution in [0.3, 0.4) is 0 Å². The maximum Gasteiger partial charge on any atom is 0.225 e. The first kappa shape index (κ1) is 20.2. The zero-order chi connectivity index (χ0) is 19.1. The summed E-state index contributed by atoms with van der Waals surface area (Å²) in [5, 5.41) is 2.91. The topological polar surface area (TPSA) is 84.7 Å². The summed E-state index contributed by atoms with van der Waals surface area (Å²) in [5.41, 5.74) is 6.72. The van der Waals surface area contributed by atoms with Gasteiger partial charge in [0, 0.05) is 31.6 Å². The predicted molar refractivity (Wildman–Crippen MR) is 102 cm³/mol. The van der Waals surface area contributed by atoms with Crippen LogP contribution in [0.5, 0.6) is 5.75 Å². The highest BCUT2D eigenvalue weighted by molar-refractivity contribution is 5.80. The van der Waals surface area contributed by atoms with Crippen LogP contribution in [0.1, 0.15) is 51.6 Å². The van der Waals surface area contributed by atoms with Crippen molar-refractivity contribution in [1.29, 1.82) is 0 Å². The van der Waals surface area contributed by atoms with Crippen LogP contribution < -0.4 is 15.8 Å². The summed E-state index contributed by atoms with van der Waals surface area (Å²) in [7, 11) is 0. The fourth-order valence-electron chi connectivity index (χ4n) is 3.63. The van der Waals surface area contributed by atoms with E-state index >= 15 is 0 Å². The number of likely N-dealkylation sites (tertiary alicyclic amines) is 1. The Morgan fingerprint density at radius 2 is 2.12 bits per heavy atom. The number of carbonyl (C=O) groups excluding carboxylic acids is 2. The number of amides is 2. The molecule has 0 bridgehead atoms. The van der Waals surface area contributed by atoms with Crippen molar-refractivity contribution in [1.82, 2.24) is 10.2 Å². The molecule has 0 aromatic heterocycles. The lowest BCUT2D eigenvalue weighted by Crippen LogP contribution is -2.50. The summed E-state index contributed by atoms with van der Waals surface area (Å²) in [4.78, 5) is 26.6. The van der Waals surface area contributed by atoms with Crippen molar-refractivity contribution in [3.63, 3.8) is 0 Å². The molecule has 0 aliphatic carbocycles. The number of piperidine rings is 1. The number of nitrogens with one attached hydrogen (secondary N) is 1. The van der Waals surface area contributed by atoms with Gasteiger partial charge in [-0.15, -0.1) is 0 Å². The number of benzene rings is 1. The van der Waals surface area contributed by atoms with Crippen LogP contribution in [0, 0.1) is 5.92 Å². The average Bonchev–Trinajstić information content (AvgIpc) is 2.61. The van der Waals surface area contributed by atoms with Crippen molar-refractivity contribution in [2.45, 2.75) is 52.1 Å². The van der Waals surface area contributed by atoms with E-state index in [4.69, 9.17) is 10.5 Å². The zero-order valence-electron chi connectivity index (χ0n) is 16.0. The number of nitrogens with two attached hydrogens (primary N) is 1. The smallest absolute Gasteiger partial charge is 0.225 e. The number of ether oxygens (including phenoxy) is 1. The fourth-order valence-corrected chi connectivity index (χ4v) is 3.63. The Morgan fingerprint density at radius 1 is 1.38 bits per heavy atom. The molecule has 3 atom stereocenters. The van der Waals surface area contributed by atoms with Crippen molar-refractivity contribution in [3.8, 4) is 5.75 Å². The molecule has 3 unspecified atom stereocenters. The molecule has 0 saturated carbocycles. The monoisotopic (exact) mass is 361 g/mol. The van der Waals surface area contributed by atoms with Gasteiger partial charge in [-0.3, -0.25) is 9.59 Å². The third kappa shape index (κ3) is 5.21. The summed E-state index contributed by atoms with van der Waals surface area (Å²) in [6.07, 6.45) is 2.12. The predicted octanol–water partition coefficient (Wildman–Crippen LogP) is 2.24. The molecule has 1 aliphatic heterocycles. The Hall–Kier alpha value is -2.08. The third-order valence-electron chi connectivity index (χ3n) is 4.92. The summed E-state index contributed by atoms with van der Waals surface area (Å²) >= 11 is 0. The fraction of sp³-hybridized carbons (Fsp3) is 0.600. The van der Waals surface area contributed by atoms with Crippen LogP contribution >= 0.6 is 0 Å². The largest absolute Gasteiger partial charge is 0.494 e. The van der Waals surface area contributed by atoms with Gasteiger partial charge in [-0.2, -0.15) is 0 Å². The van der Waals surface area contributed by atoms with E-state index in [0.717, 1.165) is 24.9 Å². The Kier molecular flexibility index (Phi) is 7.45. The van der Waals surface area contributed by atoms with E-state index < -0.39 is 6.04 Å². The normalized spacial score (nSPS) is 21.2. The van der Waals surface area contributed by atoms with Crippen molar-refractivity contribution in [2.24, 2.45) is 11.7 Å². The first-order valence-electron chi connectivity index (χ1n) is 9.44. The highest BCUT2D eigenvalue weighted by Crippen LogP contribution is 2.29. The first-order chi connectivity index (χ1) is 12.5. The van der Waals surface area contributed by atoms with Gasteiger partial charge < -0.3 is 20.7 Å². The Balaban J connectivity index is 2.20. The van der Waals surface area contributed by atoms with Crippen LogP contribution in [-0.2, 0) is 9.59 Å². The molecule has 0 radical (unpaired) electrons. The molecule has 1 fully saturated rings. The lowest BCUT2D eigenvalue weighted by molar-refractivity contribution is -0.136. The van der Waals surface area contributed by atoms with Crippen molar-refractivity contribution in [2.75, 3.05) is 19.7 Å². The van der Waals surface area contributed by atoms with Crippen LogP contribution in [0.25, 0.3) is 0 Å². The maximum atomic E-state index is 13.0. The van der Waals surface area contributed by atoms with Crippen LogP contribution in [0.4, 0.5) is 0 Å². The summed E-state index contributed by atoms with van der Waals surface area (Å²) in [6, 6.07) is 7.20. The minimum atomic E-state index is -0.416. The first-order valence-corrected chi connectivity index (χ1v) is 9.44. The molecule has 144 valence electrons. The Labute approximate surface area is 156 Å². The van der Waals surface area contributed by atoms with E-state index in [1.165, 1.54) is 6.92 Å². The molecule has 1 aromatic carbocycles. The third-order valence-corrected chi connectivity index (χ3v) is 4.92.